The number of ketones is 2. The minimum atomic E-state index is -1.86. The van der Waals surface area contributed by atoms with Crippen molar-refractivity contribution in [2.75, 3.05) is 0 Å². The maximum atomic E-state index is 14.1. The number of carbonyl (C=O) groups excluding carboxylic acids is 2. The van der Waals surface area contributed by atoms with E-state index in [0.29, 0.717) is 4.57 Å². The third-order valence-electron chi connectivity index (χ3n) is 4.68. The van der Waals surface area contributed by atoms with Gasteiger partial charge in [-0.1, -0.05) is 36.4 Å². The minimum absolute atomic E-state index is 0.0182. The van der Waals surface area contributed by atoms with Crippen molar-refractivity contribution >= 4 is 17.5 Å². The average molecular weight is 442 g/mol. The fraction of sp³-hybridized carbons (Fsp3) is 0.136. The van der Waals surface area contributed by atoms with Gasteiger partial charge in [-0.25, -0.2) is 18.4 Å². The molecule has 0 bridgehead atoms. The van der Waals surface area contributed by atoms with Crippen LogP contribution in [-0.4, -0.2) is 31.8 Å². The Kier molecular flexibility index (Phi) is 6.53. The van der Waals surface area contributed by atoms with Crippen LogP contribution in [0.3, 0.4) is 0 Å². The summed E-state index contributed by atoms with van der Waals surface area (Å²) >= 11 is 0. The molecule has 0 aliphatic rings. The third kappa shape index (κ3) is 4.75. The van der Waals surface area contributed by atoms with Crippen LogP contribution in [0.15, 0.2) is 64.3 Å². The lowest BCUT2D eigenvalue weighted by Gasteiger charge is -2.13. The molecule has 0 fully saturated rings. The molecule has 0 radical (unpaired) electrons. The molecule has 0 saturated heterocycles. The van der Waals surface area contributed by atoms with E-state index in [2.05, 4.69) is 0 Å². The second-order valence-corrected chi connectivity index (χ2v) is 6.86. The summed E-state index contributed by atoms with van der Waals surface area (Å²) in [6.07, 6.45) is -0.255. The SMILES string of the molecule is O=C(O)C(=O)CC(=O)c1cn(Cc2ccccc2F)c(=O)n(Cc2ccccc2F)c1=O. The summed E-state index contributed by atoms with van der Waals surface area (Å²) in [5.41, 5.74) is -2.65. The molecule has 3 rings (SSSR count). The zero-order chi connectivity index (χ0) is 23.4. The Labute approximate surface area is 179 Å². The Hall–Kier alpha value is -4.21. The standard InChI is InChI=1S/C22H16F2N2O6/c23-16-7-3-1-5-13(16)10-25-12-15(18(27)9-19(28)21(30)31)20(29)26(22(25)32)11-14-6-2-4-8-17(14)24/h1-8,12H,9-11H2,(H,30,31). The van der Waals surface area contributed by atoms with Gasteiger partial charge in [0.1, 0.15) is 11.6 Å². The highest BCUT2D eigenvalue weighted by Gasteiger charge is 2.23. The maximum absolute atomic E-state index is 14.1. The monoisotopic (exact) mass is 442 g/mol. The first-order valence-corrected chi connectivity index (χ1v) is 9.29. The summed E-state index contributed by atoms with van der Waals surface area (Å²) in [6, 6.07) is 10.9. The molecule has 0 saturated carbocycles. The normalized spacial score (nSPS) is 10.7. The van der Waals surface area contributed by atoms with E-state index in [9.17, 15) is 32.8 Å². The highest BCUT2D eigenvalue weighted by molar-refractivity contribution is 6.37. The number of halogens is 2. The van der Waals surface area contributed by atoms with Crippen LogP contribution in [0.5, 0.6) is 0 Å². The molecular weight excluding hydrogens is 426 g/mol. The van der Waals surface area contributed by atoms with E-state index in [1.54, 1.807) is 0 Å². The molecule has 1 N–H and O–H groups in total. The van der Waals surface area contributed by atoms with Crippen molar-refractivity contribution in [1.82, 2.24) is 9.13 Å². The zero-order valence-corrected chi connectivity index (χ0v) is 16.5. The first kappa shape index (κ1) is 22.5. The van der Waals surface area contributed by atoms with Crippen molar-refractivity contribution in [2.24, 2.45) is 0 Å². The van der Waals surface area contributed by atoms with E-state index in [4.69, 9.17) is 5.11 Å². The number of aromatic nitrogens is 2. The fourth-order valence-electron chi connectivity index (χ4n) is 3.02. The van der Waals surface area contributed by atoms with E-state index < -0.39 is 58.9 Å². The molecular formula is C22H16F2N2O6. The van der Waals surface area contributed by atoms with Gasteiger partial charge in [0.05, 0.1) is 25.1 Å². The minimum Gasteiger partial charge on any atom is -0.475 e. The average Bonchev–Trinajstić information content (AvgIpc) is 2.75. The van der Waals surface area contributed by atoms with E-state index in [0.717, 1.165) is 22.9 Å². The lowest BCUT2D eigenvalue weighted by Crippen LogP contribution is -2.43. The van der Waals surface area contributed by atoms with Crippen molar-refractivity contribution in [3.63, 3.8) is 0 Å². The molecule has 32 heavy (non-hydrogen) atoms. The molecule has 8 nitrogen and oxygen atoms in total. The third-order valence-corrected chi connectivity index (χ3v) is 4.68. The van der Waals surface area contributed by atoms with Crippen LogP contribution in [0.4, 0.5) is 8.78 Å². The summed E-state index contributed by atoms with van der Waals surface area (Å²) in [7, 11) is 0. The van der Waals surface area contributed by atoms with Crippen molar-refractivity contribution in [1.29, 1.82) is 0 Å². The number of rotatable bonds is 8. The highest BCUT2D eigenvalue weighted by Crippen LogP contribution is 2.10. The van der Waals surface area contributed by atoms with Crippen molar-refractivity contribution < 1.29 is 28.3 Å². The number of carbonyl (C=O) groups is 3. The number of aliphatic carboxylic acids is 1. The molecule has 164 valence electrons. The van der Waals surface area contributed by atoms with Crippen LogP contribution in [0.1, 0.15) is 27.9 Å². The zero-order valence-electron chi connectivity index (χ0n) is 16.5. The Morgan fingerprint density at radius 3 is 1.91 bits per heavy atom. The van der Waals surface area contributed by atoms with Crippen molar-refractivity contribution in [3.8, 4) is 0 Å². The van der Waals surface area contributed by atoms with Crippen LogP contribution in [0.25, 0.3) is 0 Å². The molecule has 1 aromatic heterocycles. The number of nitrogens with zero attached hydrogens (tertiary/aromatic N) is 2. The number of Topliss-reactive ketones (excluding diaryl/α,β-unsaturated/α-hetero) is 2. The summed E-state index contributed by atoms with van der Waals surface area (Å²) in [5.74, 6) is -5.77. The first-order chi connectivity index (χ1) is 15.2. The van der Waals surface area contributed by atoms with Crippen LogP contribution in [0.2, 0.25) is 0 Å². The largest absolute Gasteiger partial charge is 0.475 e. The molecule has 0 atom stereocenters. The lowest BCUT2D eigenvalue weighted by molar-refractivity contribution is -0.148. The van der Waals surface area contributed by atoms with Crippen molar-refractivity contribution in [3.05, 3.63) is 104 Å². The smallest absolute Gasteiger partial charge is 0.372 e. The summed E-state index contributed by atoms with van der Waals surface area (Å²) in [5, 5.41) is 8.73. The van der Waals surface area contributed by atoms with Gasteiger partial charge in [0.25, 0.3) is 5.56 Å². The molecule has 2 aromatic carbocycles. The van der Waals surface area contributed by atoms with Gasteiger partial charge < -0.3 is 5.11 Å². The Morgan fingerprint density at radius 2 is 1.38 bits per heavy atom. The van der Waals surface area contributed by atoms with E-state index in [-0.39, 0.29) is 17.7 Å². The van der Waals surface area contributed by atoms with Gasteiger partial charge in [0.15, 0.2) is 5.78 Å². The highest BCUT2D eigenvalue weighted by atomic mass is 19.1. The number of carboxylic acid groups (broad SMARTS) is 1. The molecule has 0 aliphatic heterocycles. The van der Waals surface area contributed by atoms with Crippen LogP contribution in [-0.2, 0) is 22.7 Å². The topological polar surface area (TPSA) is 115 Å². The molecule has 0 spiro atoms. The molecule has 0 amide bonds. The molecule has 1 heterocycles. The summed E-state index contributed by atoms with van der Waals surface area (Å²) < 4.78 is 29.7. The first-order valence-electron chi connectivity index (χ1n) is 9.29. The number of benzene rings is 2. The Morgan fingerprint density at radius 1 is 0.844 bits per heavy atom. The van der Waals surface area contributed by atoms with E-state index in [1.165, 1.54) is 36.4 Å². The van der Waals surface area contributed by atoms with Gasteiger partial charge in [-0.15, -0.1) is 0 Å². The van der Waals surface area contributed by atoms with Gasteiger partial charge in [-0.05, 0) is 12.1 Å². The quantitative estimate of drug-likeness (QED) is 0.322. The van der Waals surface area contributed by atoms with Crippen LogP contribution < -0.4 is 11.2 Å². The Bertz CT molecular complexity index is 1340. The predicted octanol–water partition coefficient (Wildman–Crippen LogP) is 1.61. The van der Waals surface area contributed by atoms with Gasteiger partial charge >= 0.3 is 11.7 Å². The van der Waals surface area contributed by atoms with E-state index >= 15 is 0 Å². The number of hydrogen-bond donors (Lipinski definition) is 1. The molecule has 10 heteroatoms. The summed E-state index contributed by atoms with van der Waals surface area (Å²) in [6.45, 7) is -0.897. The second kappa shape index (κ2) is 9.29. The number of carboxylic acids is 1. The molecule has 0 unspecified atom stereocenters. The van der Waals surface area contributed by atoms with Gasteiger partial charge in [-0.3, -0.25) is 23.5 Å². The van der Waals surface area contributed by atoms with Gasteiger partial charge in [0, 0.05) is 17.3 Å². The van der Waals surface area contributed by atoms with Crippen LogP contribution >= 0.6 is 0 Å². The number of hydrogen-bond acceptors (Lipinski definition) is 5. The van der Waals surface area contributed by atoms with E-state index in [1.807, 2.05) is 0 Å². The maximum Gasteiger partial charge on any atom is 0.372 e. The molecule has 0 aliphatic carbocycles. The Balaban J connectivity index is 2.15. The van der Waals surface area contributed by atoms with Crippen molar-refractivity contribution in [2.45, 2.75) is 19.5 Å². The summed E-state index contributed by atoms with van der Waals surface area (Å²) in [4.78, 5) is 60.5. The van der Waals surface area contributed by atoms with Gasteiger partial charge in [0.2, 0.25) is 5.78 Å². The lowest BCUT2D eigenvalue weighted by atomic mass is 10.1. The van der Waals surface area contributed by atoms with Crippen LogP contribution in [0, 0.1) is 11.6 Å². The predicted molar refractivity (Wildman–Crippen MR) is 108 cm³/mol. The fourth-order valence-corrected chi connectivity index (χ4v) is 3.02. The second-order valence-electron chi connectivity index (χ2n) is 6.86. The molecule has 3 aromatic rings. The van der Waals surface area contributed by atoms with Gasteiger partial charge in [-0.2, -0.15) is 0 Å².